The fraction of sp³-hybridized carbons (Fsp3) is 0.727. The smallest absolute Gasteiger partial charge is 0.311 e. The summed E-state index contributed by atoms with van der Waals surface area (Å²) in [6, 6.07) is 0. The van der Waals surface area contributed by atoms with Crippen molar-refractivity contribution in [1.29, 1.82) is 0 Å². The van der Waals surface area contributed by atoms with Crippen LogP contribution in [0.5, 0.6) is 0 Å². The van der Waals surface area contributed by atoms with Crippen molar-refractivity contribution in [2.75, 3.05) is 6.61 Å². The Morgan fingerprint density at radius 1 is 1.33 bits per heavy atom. The molecule has 0 aliphatic rings. The van der Waals surface area contributed by atoms with Crippen molar-refractivity contribution in [3.8, 4) is 0 Å². The van der Waals surface area contributed by atoms with E-state index in [1.807, 2.05) is 0 Å². The molecular weight excluding hydrogens is 196 g/mol. The van der Waals surface area contributed by atoms with Crippen molar-refractivity contribution in [2.24, 2.45) is 5.41 Å². The van der Waals surface area contributed by atoms with Crippen LogP contribution in [0, 0.1) is 12.3 Å². The standard InChI is InChI=1S/C11H19O4/c1-8(6-7-14-9(2)12)15-10(13)11(3,4)5/h8H,1,6-7H2,2-5H3. The van der Waals surface area contributed by atoms with Crippen LogP contribution in [-0.2, 0) is 19.1 Å². The zero-order valence-electron chi connectivity index (χ0n) is 9.83. The molecule has 0 aromatic carbocycles. The molecule has 0 bridgehead atoms. The highest BCUT2D eigenvalue weighted by Gasteiger charge is 2.24. The van der Waals surface area contributed by atoms with Crippen molar-refractivity contribution in [3.63, 3.8) is 0 Å². The lowest BCUT2D eigenvalue weighted by Gasteiger charge is -2.20. The summed E-state index contributed by atoms with van der Waals surface area (Å²) in [5.41, 5.74) is -0.530. The van der Waals surface area contributed by atoms with Gasteiger partial charge in [-0.2, -0.15) is 0 Å². The van der Waals surface area contributed by atoms with E-state index < -0.39 is 11.5 Å². The third-order valence-corrected chi connectivity index (χ3v) is 1.63. The number of rotatable bonds is 4. The third-order valence-electron chi connectivity index (χ3n) is 1.63. The van der Waals surface area contributed by atoms with Crippen LogP contribution in [0.15, 0.2) is 0 Å². The van der Waals surface area contributed by atoms with Gasteiger partial charge in [0.15, 0.2) is 0 Å². The molecule has 0 fully saturated rings. The zero-order valence-corrected chi connectivity index (χ0v) is 9.83. The Hall–Kier alpha value is -1.06. The average Bonchev–Trinajstić information content (AvgIpc) is 2.01. The molecule has 1 unspecified atom stereocenters. The van der Waals surface area contributed by atoms with Crippen LogP contribution in [0.25, 0.3) is 0 Å². The van der Waals surface area contributed by atoms with Crippen LogP contribution in [0.4, 0.5) is 0 Å². The molecule has 0 aliphatic carbocycles. The molecule has 15 heavy (non-hydrogen) atoms. The van der Waals surface area contributed by atoms with Crippen molar-refractivity contribution < 1.29 is 19.1 Å². The number of hydrogen-bond donors (Lipinski definition) is 0. The largest absolute Gasteiger partial charge is 0.466 e. The van der Waals surface area contributed by atoms with Crippen molar-refractivity contribution >= 4 is 11.9 Å². The Balaban J connectivity index is 3.79. The molecule has 0 amide bonds. The van der Waals surface area contributed by atoms with E-state index in [-0.39, 0.29) is 18.5 Å². The van der Waals surface area contributed by atoms with Gasteiger partial charge < -0.3 is 9.47 Å². The molecule has 0 aromatic heterocycles. The summed E-state index contributed by atoms with van der Waals surface area (Å²) in [5.74, 6) is -0.644. The maximum atomic E-state index is 11.4. The highest BCUT2D eigenvalue weighted by Crippen LogP contribution is 2.16. The molecule has 4 heteroatoms. The summed E-state index contributed by atoms with van der Waals surface area (Å²) in [7, 11) is 0. The van der Waals surface area contributed by atoms with Gasteiger partial charge in [0.05, 0.1) is 12.0 Å². The van der Waals surface area contributed by atoms with Crippen LogP contribution in [-0.4, -0.2) is 24.6 Å². The molecule has 0 rings (SSSR count). The molecule has 0 aliphatic heterocycles. The molecule has 1 radical (unpaired) electrons. The predicted molar refractivity (Wildman–Crippen MR) is 55.9 cm³/mol. The van der Waals surface area contributed by atoms with Gasteiger partial charge in [0.2, 0.25) is 0 Å². The number of carbonyl (C=O) groups is 2. The van der Waals surface area contributed by atoms with Crippen molar-refractivity contribution in [1.82, 2.24) is 0 Å². The van der Waals surface area contributed by atoms with Gasteiger partial charge in [0.1, 0.15) is 6.10 Å². The van der Waals surface area contributed by atoms with E-state index in [9.17, 15) is 9.59 Å². The van der Waals surface area contributed by atoms with E-state index >= 15 is 0 Å². The molecule has 0 N–H and O–H groups in total. The quantitative estimate of drug-likeness (QED) is 0.670. The molecule has 4 nitrogen and oxygen atoms in total. The number of esters is 2. The second kappa shape index (κ2) is 5.73. The maximum absolute atomic E-state index is 11.4. The lowest BCUT2D eigenvalue weighted by molar-refractivity contribution is -0.157. The lowest BCUT2D eigenvalue weighted by Crippen LogP contribution is -2.27. The van der Waals surface area contributed by atoms with Gasteiger partial charge in [0, 0.05) is 13.3 Å². The fourth-order valence-corrected chi connectivity index (χ4v) is 0.721. The molecular formula is C11H19O4. The topological polar surface area (TPSA) is 52.6 Å². The minimum Gasteiger partial charge on any atom is -0.466 e. The highest BCUT2D eigenvalue weighted by atomic mass is 16.6. The Morgan fingerprint density at radius 2 is 1.87 bits per heavy atom. The van der Waals surface area contributed by atoms with E-state index in [0.29, 0.717) is 6.42 Å². The number of carbonyl (C=O) groups excluding carboxylic acids is 2. The molecule has 87 valence electrons. The molecule has 0 spiro atoms. The summed E-state index contributed by atoms with van der Waals surface area (Å²) >= 11 is 0. The fourth-order valence-electron chi connectivity index (χ4n) is 0.721. The molecule has 0 saturated heterocycles. The lowest BCUT2D eigenvalue weighted by atomic mass is 9.97. The van der Waals surface area contributed by atoms with Crippen LogP contribution in [0.1, 0.15) is 34.1 Å². The Morgan fingerprint density at radius 3 is 2.27 bits per heavy atom. The number of ether oxygens (including phenoxy) is 2. The minimum atomic E-state index is -0.530. The summed E-state index contributed by atoms with van der Waals surface area (Å²) in [5, 5.41) is 0. The predicted octanol–water partition coefficient (Wildman–Crippen LogP) is 1.73. The maximum Gasteiger partial charge on any atom is 0.311 e. The first-order chi connectivity index (χ1) is 6.73. The van der Waals surface area contributed by atoms with Gasteiger partial charge >= 0.3 is 11.9 Å². The van der Waals surface area contributed by atoms with Gasteiger partial charge in [-0.25, -0.2) is 0 Å². The molecule has 1 atom stereocenters. The molecule has 0 saturated carbocycles. The van der Waals surface area contributed by atoms with E-state index in [0.717, 1.165) is 0 Å². The Bertz CT molecular complexity index is 227. The van der Waals surface area contributed by atoms with Crippen LogP contribution >= 0.6 is 0 Å². The second-order valence-electron chi connectivity index (χ2n) is 4.41. The summed E-state index contributed by atoms with van der Waals surface area (Å²) in [4.78, 5) is 21.9. The van der Waals surface area contributed by atoms with E-state index in [1.165, 1.54) is 6.92 Å². The normalized spacial score (nSPS) is 13.1. The molecule has 0 aromatic rings. The van der Waals surface area contributed by atoms with Crippen LogP contribution in [0.3, 0.4) is 0 Å². The molecule has 0 heterocycles. The van der Waals surface area contributed by atoms with Gasteiger partial charge in [-0.3, -0.25) is 9.59 Å². The SMILES string of the molecule is [CH2]C(CCOC(C)=O)OC(=O)C(C)(C)C. The Labute approximate surface area is 90.9 Å². The van der Waals surface area contributed by atoms with Crippen molar-refractivity contribution in [2.45, 2.75) is 40.2 Å². The first-order valence-corrected chi connectivity index (χ1v) is 4.91. The minimum absolute atomic E-state index is 0.223. The van der Waals surface area contributed by atoms with E-state index in [4.69, 9.17) is 9.47 Å². The second-order valence-corrected chi connectivity index (χ2v) is 4.41. The Kier molecular flexibility index (Phi) is 5.33. The summed E-state index contributed by atoms with van der Waals surface area (Å²) in [6.07, 6.45) is -0.0578. The van der Waals surface area contributed by atoms with Crippen LogP contribution < -0.4 is 0 Å². The average molecular weight is 215 g/mol. The summed E-state index contributed by atoms with van der Waals surface area (Å²) in [6.45, 7) is 10.5. The number of hydrogen-bond acceptors (Lipinski definition) is 4. The van der Waals surface area contributed by atoms with Gasteiger partial charge in [-0.1, -0.05) is 0 Å². The van der Waals surface area contributed by atoms with Gasteiger partial charge in [0.25, 0.3) is 0 Å². The third kappa shape index (κ3) is 6.94. The zero-order chi connectivity index (χ0) is 12.1. The monoisotopic (exact) mass is 215 g/mol. The van der Waals surface area contributed by atoms with E-state index in [1.54, 1.807) is 20.8 Å². The van der Waals surface area contributed by atoms with E-state index in [2.05, 4.69) is 6.92 Å². The van der Waals surface area contributed by atoms with Gasteiger partial charge in [-0.15, -0.1) is 0 Å². The first kappa shape index (κ1) is 13.9. The first-order valence-electron chi connectivity index (χ1n) is 4.91. The van der Waals surface area contributed by atoms with Crippen LogP contribution in [0.2, 0.25) is 0 Å². The highest BCUT2D eigenvalue weighted by molar-refractivity contribution is 5.75. The summed E-state index contributed by atoms with van der Waals surface area (Å²) < 4.78 is 9.76. The van der Waals surface area contributed by atoms with Gasteiger partial charge in [-0.05, 0) is 27.7 Å². The van der Waals surface area contributed by atoms with Crippen molar-refractivity contribution in [3.05, 3.63) is 6.92 Å².